The number of hydrogen-bond acceptors (Lipinski definition) is 2. The molecule has 0 heterocycles. The predicted octanol–water partition coefficient (Wildman–Crippen LogP) is 3.15. The quantitative estimate of drug-likeness (QED) is 0.585. The fourth-order valence-corrected chi connectivity index (χ4v) is 1.94. The Hall–Kier alpha value is 0.01000. The highest BCUT2D eigenvalue weighted by atomic mass is 79.9. The first-order chi connectivity index (χ1) is 5.34. The molecule has 0 atom stereocenters. The Morgan fingerprint density at radius 2 is 2.18 bits per heavy atom. The molecule has 0 saturated heterocycles. The van der Waals surface area contributed by atoms with Crippen LogP contribution in [0, 0.1) is 0 Å². The van der Waals surface area contributed by atoms with Crippen molar-refractivity contribution < 1.29 is 4.74 Å². The summed E-state index contributed by atoms with van der Waals surface area (Å²) in [6.45, 7) is 0. The molecule has 0 spiro atoms. The monoisotopic (exact) mass is 232 g/mol. The van der Waals surface area contributed by atoms with E-state index in [1.165, 1.54) is 4.90 Å². The molecule has 0 radical (unpaired) electrons. The van der Waals surface area contributed by atoms with Gasteiger partial charge in [0.25, 0.3) is 0 Å². The van der Waals surface area contributed by atoms with E-state index in [2.05, 4.69) is 22.0 Å². The van der Waals surface area contributed by atoms with E-state index in [9.17, 15) is 0 Å². The number of rotatable bonds is 3. The minimum atomic E-state index is 0.697. The van der Waals surface area contributed by atoms with Crippen molar-refractivity contribution in [2.24, 2.45) is 0 Å². The second kappa shape index (κ2) is 4.80. The third-order valence-corrected chi connectivity index (χ3v) is 3.14. The Labute approximate surface area is 79.3 Å². The molecule has 0 saturated carbocycles. The van der Waals surface area contributed by atoms with Crippen molar-refractivity contribution >= 4 is 27.7 Å². The summed E-state index contributed by atoms with van der Waals surface area (Å²) < 4.78 is 6.07. The van der Waals surface area contributed by atoms with Gasteiger partial charge in [-0.05, 0) is 28.1 Å². The van der Waals surface area contributed by atoms with Crippen molar-refractivity contribution in [2.75, 3.05) is 13.0 Å². The van der Waals surface area contributed by atoms with Crippen LogP contribution in [0.1, 0.15) is 0 Å². The SMILES string of the molecule is COCSc1ccccc1Br. The van der Waals surface area contributed by atoms with Crippen LogP contribution >= 0.6 is 27.7 Å². The van der Waals surface area contributed by atoms with Gasteiger partial charge in [0, 0.05) is 16.5 Å². The highest BCUT2D eigenvalue weighted by Gasteiger charge is 1.96. The van der Waals surface area contributed by atoms with Gasteiger partial charge in [-0.2, -0.15) is 0 Å². The fraction of sp³-hybridized carbons (Fsp3) is 0.250. The van der Waals surface area contributed by atoms with Gasteiger partial charge < -0.3 is 4.74 Å². The first-order valence-corrected chi connectivity index (χ1v) is 4.98. The van der Waals surface area contributed by atoms with E-state index in [0.29, 0.717) is 5.94 Å². The number of hydrogen-bond donors (Lipinski definition) is 0. The van der Waals surface area contributed by atoms with Crippen LogP contribution < -0.4 is 0 Å². The summed E-state index contributed by atoms with van der Waals surface area (Å²) in [5, 5.41) is 0. The van der Waals surface area contributed by atoms with Gasteiger partial charge in [0.1, 0.15) is 0 Å². The lowest BCUT2D eigenvalue weighted by Crippen LogP contribution is -1.81. The minimum Gasteiger partial charge on any atom is -0.374 e. The lowest BCUT2D eigenvalue weighted by molar-refractivity contribution is 0.259. The number of thioether (sulfide) groups is 1. The molecule has 1 rings (SSSR count). The fourth-order valence-electron chi connectivity index (χ4n) is 0.684. The zero-order valence-electron chi connectivity index (χ0n) is 6.21. The van der Waals surface area contributed by atoms with Crippen LogP contribution in [-0.2, 0) is 4.74 Å². The topological polar surface area (TPSA) is 9.23 Å². The maximum absolute atomic E-state index is 4.94. The third-order valence-electron chi connectivity index (χ3n) is 1.17. The smallest absolute Gasteiger partial charge is 0.0963 e. The average molecular weight is 233 g/mol. The molecule has 0 fully saturated rings. The van der Waals surface area contributed by atoms with Crippen LogP contribution in [0.5, 0.6) is 0 Å². The zero-order valence-corrected chi connectivity index (χ0v) is 8.61. The normalized spacial score (nSPS) is 10.0. The molecule has 0 unspecified atom stereocenters. The summed E-state index contributed by atoms with van der Waals surface area (Å²) in [6, 6.07) is 8.11. The molecule has 0 aliphatic heterocycles. The molecule has 1 aromatic rings. The number of benzene rings is 1. The lowest BCUT2D eigenvalue weighted by atomic mass is 10.4. The van der Waals surface area contributed by atoms with Crippen molar-refractivity contribution in [1.29, 1.82) is 0 Å². The first kappa shape index (κ1) is 9.10. The van der Waals surface area contributed by atoms with Gasteiger partial charge in [-0.3, -0.25) is 0 Å². The molecule has 0 bridgehead atoms. The molecule has 0 amide bonds. The molecule has 11 heavy (non-hydrogen) atoms. The second-order valence-corrected chi connectivity index (χ2v) is 3.80. The van der Waals surface area contributed by atoms with Crippen LogP contribution in [0.3, 0.4) is 0 Å². The summed E-state index contributed by atoms with van der Waals surface area (Å²) in [4.78, 5) is 1.22. The van der Waals surface area contributed by atoms with Crippen molar-refractivity contribution in [1.82, 2.24) is 0 Å². The predicted molar refractivity (Wildman–Crippen MR) is 51.9 cm³/mol. The summed E-state index contributed by atoms with van der Waals surface area (Å²) >= 11 is 5.13. The number of methoxy groups -OCH3 is 1. The highest BCUT2D eigenvalue weighted by molar-refractivity contribution is 9.10. The summed E-state index contributed by atoms with van der Waals surface area (Å²) in [7, 11) is 1.70. The maximum Gasteiger partial charge on any atom is 0.0963 e. The molecule has 0 aliphatic rings. The summed E-state index contributed by atoms with van der Waals surface area (Å²) in [6.07, 6.45) is 0. The first-order valence-electron chi connectivity index (χ1n) is 3.21. The van der Waals surface area contributed by atoms with E-state index >= 15 is 0 Å². The molecule has 0 N–H and O–H groups in total. The maximum atomic E-state index is 4.94. The van der Waals surface area contributed by atoms with E-state index in [0.717, 1.165) is 4.47 Å². The average Bonchev–Trinajstić information content (AvgIpc) is 2.03. The van der Waals surface area contributed by atoms with E-state index in [-0.39, 0.29) is 0 Å². The largest absolute Gasteiger partial charge is 0.374 e. The molecule has 1 aromatic carbocycles. The van der Waals surface area contributed by atoms with Crippen LogP contribution in [-0.4, -0.2) is 13.0 Å². The summed E-state index contributed by atoms with van der Waals surface area (Å²) in [5.41, 5.74) is 0. The van der Waals surface area contributed by atoms with E-state index in [4.69, 9.17) is 4.74 Å². The Morgan fingerprint density at radius 3 is 2.82 bits per heavy atom. The van der Waals surface area contributed by atoms with Crippen LogP contribution in [0.4, 0.5) is 0 Å². The Bertz CT molecular complexity index is 227. The van der Waals surface area contributed by atoms with Gasteiger partial charge in [0.05, 0.1) is 5.94 Å². The van der Waals surface area contributed by atoms with Crippen LogP contribution in [0.2, 0.25) is 0 Å². The van der Waals surface area contributed by atoms with E-state index < -0.39 is 0 Å². The van der Waals surface area contributed by atoms with Gasteiger partial charge in [-0.15, -0.1) is 0 Å². The van der Waals surface area contributed by atoms with Gasteiger partial charge in [0.2, 0.25) is 0 Å². The standard InChI is InChI=1S/C8H9BrOS/c1-10-6-11-8-5-3-2-4-7(8)9/h2-5H,6H2,1H3. The molecular formula is C8H9BrOS. The van der Waals surface area contributed by atoms with Crippen molar-refractivity contribution in [3.8, 4) is 0 Å². The van der Waals surface area contributed by atoms with Crippen LogP contribution in [0.15, 0.2) is 33.6 Å². The van der Waals surface area contributed by atoms with E-state index in [1.807, 2.05) is 18.2 Å². The van der Waals surface area contributed by atoms with Gasteiger partial charge in [0.15, 0.2) is 0 Å². The van der Waals surface area contributed by atoms with Crippen molar-refractivity contribution in [3.63, 3.8) is 0 Å². The molecule has 3 heteroatoms. The number of ether oxygens (including phenoxy) is 1. The van der Waals surface area contributed by atoms with Crippen molar-refractivity contribution in [2.45, 2.75) is 4.90 Å². The molecule has 1 nitrogen and oxygen atoms in total. The number of halogens is 1. The molecule has 60 valence electrons. The molecule has 0 aliphatic carbocycles. The van der Waals surface area contributed by atoms with Crippen molar-refractivity contribution in [3.05, 3.63) is 28.7 Å². The van der Waals surface area contributed by atoms with Gasteiger partial charge in [-0.25, -0.2) is 0 Å². The second-order valence-electron chi connectivity index (χ2n) is 1.98. The molecule has 0 aromatic heterocycles. The zero-order chi connectivity index (χ0) is 8.10. The lowest BCUT2D eigenvalue weighted by Gasteiger charge is -2.01. The Balaban J connectivity index is 2.62. The van der Waals surface area contributed by atoms with Gasteiger partial charge >= 0.3 is 0 Å². The Kier molecular flexibility index (Phi) is 3.97. The highest BCUT2D eigenvalue weighted by Crippen LogP contribution is 2.26. The Morgan fingerprint density at radius 1 is 1.45 bits per heavy atom. The third kappa shape index (κ3) is 2.85. The van der Waals surface area contributed by atoms with E-state index in [1.54, 1.807) is 18.9 Å². The summed E-state index contributed by atoms with van der Waals surface area (Å²) in [5.74, 6) is 0.697. The van der Waals surface area contributed by atoms with Crippen LogP contribution in [0.25, 0.3) is 0 Å². The minimum absolute atomic E-state index is 0.697. The van der Waals surface area contributed by atoms with Gasteiger partial charge in [-0.1, -0.05) is 23.9 Å². The molecular weight excluding hydrogens is 224 g/mol.